The van der Waals surface area contributed by atoms with Crippen LogP contribution in [0.25, 0.3) is 11.2 Å². The SMILES string of the molecule is O=C(c1ccccc1F)N1CCC(Nc2ncnc3c2ncn3C2OC(CO)CC2O)C1. The van der Waals surface area contributed by atoms with Crippen LogP contribution in [0.5, 0.6) is 0 Å². The number of amides is 1. The zero-order valence-electron chi connectivity index (χ0n) is 17.1. The molecular weight excluding hydrogens is 419 g/mol. The molecule has 0 bridgehead atoms. The number of carbonyl (C=O) groups excluding carboxylic acids is 1. The van der Waals surface area contributed by atoms with Crippen LogP contribution in [0.3, 0.4) is 0 Å². The summed E-state index contributed by atoms with van der Waals surface area (Å²) in [6, 6.07) is 5.88. The summed E-state index contributed by atoms with van der Waals surface area (Å²) in [5, 5.41) is 22.9. The number of aliphatic hydroxyl groups is 2. The van der Waals surface area contributed by atoms with Gasteiger partial charge in [-0.2, -0.15) is 0 Å². The van der Waals surface area contributed by atoms with E-state index in [1.165, 1.54) is 24.8 Å². The number of hydrogen-bond acceptors (Lipinski definition) is 8. The molecule has 2 aliphatic rings. The van der Waals surface area contributed by atoms with E-state index in [-0.39, 0.29) is 24.1 Å². The number of nitrogens with one attached hydrogen (secondary N) is 1. The van der Waals surface area contributed by atoms with Crippen molar-refractivity contribution in [3.05, 3.63) is 48.3 Å². The van der Waals surface area contributed by atoms with Crippen molar-refractivity contribution in [3.8, 4) is 0 Å². The predicted molar refractivity (Wildman–Crippen MR) is 111 cm³/mol. The average Bonchev–Trinajstić information content (AvgIpc) is 3.52. The molecule has 11 heteroatoms. The number of hydrogen-bond donors (Lipinski definition) is 3. The number of ether oxygens (including phenoxy) is 1. The Morgan fingerprint density at radius 3 is 2.91 bits per heavy atom. The van der Waals surface area contributed by atoms with Crippen molar-refractivity contribution < 1.29 is 24.1 Å². The molecule has 4 heterocycles. The number of aliphatic hydroxyl groups excluding tert-OH is 2. The summed E-state index contributed by atoms with van der Waals surface area (Å²) in [6.07, 6.45) is 2.00. The molecule has 0 radical (unpaired) electrons. The minimum Gasteiger partial charge on any atom is -0.394 e. The number of aromatic nitrogens is 4. The maximum Gasteiger partial charge on any atom is 0.256 e. The first-order chi connectivity index (χ1) is 15.5. The summed E-state index contributed by atoms with van der Waals surface area (Å²) < 4.78 is 21.3. The highest BCUT2D eigenvalue weighted by Crippen LogP contribution is 2.32. The first-order valence-electron chi connectivity index (χ1n) is 10.5. The van der Waals surface area contributed by atoms with E-state index < -0.39 is 24.3 Å². The lowest BCUT2D eigenvalue weighted by atomic mass is 10.2. The number of benzene rings is 1. The maximum absolute atomic E-state index is 14.0. The topological polar surface area (TPSA) is 126 Å². The summed E-state index contributed by atoms with van der Waals surface area (Å²) in [5.74, 6) is -0.364. The number of likely N-dealkylation sites (tertiary alicyclic amines) is 1. The molecule has 4 atom stereocenters. The van der Waals surface area contributed by atoms with Gasteiger partial charge in [-0.3, -0.25) is 9.36 Å². The van der Waals surface area contributed by atoms with Crippen LogP contribution in [0.4, 0.5) is 10.2 Å². The summed E-state index contributed by atoms with van der Waals surface area (Å²) in [4.78, 5) is 27.3. The Kier molecular flexibility index (Phi) is 5.45. The number of nitrogens with zero attached hydrogens (tertiary/aromatic N) is 5. The van der Waals surface area contributed by atoms with Gasteiger partial charge in [-0.15, -0.1) is 0 Å². The lowest BCUT2D eigenvalue weighted by Gasteiger charge is -2.18. The smallest absolute Gasteiger partial charge is 0.256 e. The van der Waals surface area contributed by atoms with Gasteiger partial charge in [0.15, 0.2) is 23.2 Å². The Balaban J connectivity index is 1.32. The molecule has 32 heavy (non-hydrogen) atoms. The highest BCUT2D eigenvalue weighted by Gasteiger charge is 2.36. The lowest BCUT2D eigenvalue weighted by molar-refractivity contribution is -0.0486. The second-order valence-corrected chi connectivity index (χ2v) is 8.04. The second-order valence-electron chi connectivity index (χ2n) is 8.04. The lowest BCUT2D eigenvalue weighted by Crippen LogP contribution is -2.32. The molecule has 0 spiro atoms. The second kappa shape index (κ2) is 8.41. The Bertz CT molecular complexity index is 1140. The van der Waals surface area contributed by atoms with Gasteiger partial charge in [0.1, 0.15) is 18.2 Å². The van der Waals surface area contributed by atoms with Gasteiger partial charge < -0.3 is 25.2 Å². The summed E-state index contributed by atoms with van der Waals surface area (Å²) in [6.45, 7) is 0.728. The number of imidazole rings is 1. The predicted octanol–water partition coefficient (Wildman–Crippen LogP) is 0.933. The molecule has 4 unspecified atom stereocenters. The van der Waals surface area contributed by atoms with Crippen LogP contribution in [0, 0.1) is 5.82 Å². The van der Waals surface area contributed by atoms with Crippen LogP contribution in [-0.2, 0) is 4.74 Å². The fourth-order valence-corrected chi connectivity index (χ4v) is 4.30. The van der Waals surface area contributed by atoms with E-state index in [1.807, 2.05) is 0 Å². The molecule has 168 valence electrons. The zero-order valence-corrected chi connectivity index (χ0v) is 17.1. The molecule has 5 rings (SSSR count). The number of anilines is 1. The summed E-state index contributed by atoms with van der Waals surface area (Å²) in [7, 11) is 0. The van der Waals surface area contributed by atoms with Gasteiger partial charge in [-0.05, 0) is 18.6 Å². The van der Waals surface area contributed by atoms with Gasteiger partial charge in [0.05, 0.1) is 24.6 Å². The van der Waals surface area contributed by atoms with Crippen LogP contribution < -0.4 is 5.32 Å². The van der Waals surface area contributed by atoms with Crippen LogP contribution >= 0.6 is 0 Å². The Morgan fingerprint density at radius 2 is 2.12 bits per heavy atom. The number of halogens is 1. The van der Waals surface area contributed by atoms with Crippen molar-refractivity contribution in [2.45, 2.75) is 37.3 Å². The third-order valence-electron chi connectivity index (χ3n) is 5.92. The number of carbonyl (C=O) groups is 1. The first-order valence-corrected chi connectivity index (χ1v) is 10.5. The summed E-state index contributed by atoms with van der Waals surface area (Å²) >= 11 is 0. The largest absolute Gasteiger partial charge is 0.394 e. The van der Waals surface area contributed by atoms with E-state index in [2.05, 4.69) is 20.3 Å². The molecule has 1 amide bonds. The molecule has 2 aromatic heterocycles. The standard InChI is InChI=1S/C21H23FN6O4/c22-15-4-2-1-3-14(15)20(31)27-6-5-12(8-27)26-18-17-19(24-10-23-18)28(11-25-17)21-16(30)7-13(9-29)32-21/h1-4,10-13,16,21,29-30H,5-9H2,(H,23,24,26). The monoisotopic (exact) mass is 442 g/mol. The molecule has 3 N–H and O–H groups in total. The van der Waals surface area contributed by atoms with Gasteiger partial charge in [-0.25, -0.2) is 19.3 Å². The van der Waals surface area contributed by atoms with Crippen molar-refractivity contribution in [1.82, 2.24) is 24.4 Å². The van der Waals surface area contributed by atoms with Gasteiger partial charge >= 0.3 is 0 Å². The fraction of sp³-hybridized carbons (Fsp3) is 0.429. The van der Waals surface area contributed by atoms with Crippen molar-refractivity contribution in [1.29, 1.82) is 0 Å². The molecule has 0 aliphatic carbocycles. The van der Waals surface area contributed by atoms with Crippen LogP contribution in [0.2, 0.25) is 0 Å². The zero-order chi connectivity index (χ0) is 22.2. The van der Waals surface area contributed by atoms with Crippen molar-refractivity contribution in [2.24, 2.45) is 0 Å². The minimum absolute atomic E-state index is 0.0626. The average molecular weight is 442 g/mol. The Morgan fingerprint density at radius 1 is 1.28 bits per heavy atom. The summed E-state index contributed by atoms with van der Waals surface area (Å²) in [5.41, 5.74) is 1.06. The number of fused-ring (bicyclic) bond motifs is 1. The first kappa shape index (κ1) is 20.7. The highest BCUT2D eigenvalue weighted by molar-refractivity contribution is 5.94. The maximum atomic E-state index is 14.0. The molecular formula is C21H23FN6O4. The normalized spacial score (nSPS) is 25.5. The van der Waals surface area contributed by atoms with E-state index in [9.17, 15) is 19.4 Å². The molecule has 10 nitrogen and oxygen atoms in total. The van der Waals surface area contributed by atoms with Gasteiger partial charge in [0.2, 0.25) is 0 Å². The van der Waals surface area contributed by atoms with Crippen molar-refractivity contribution >= 4 is 22.9 Å². The van der Waals surface area contributed by atoms with Gasteiger partial charge in [-0.1, -0.05) is 12.1 Å². The molecule has 3 aromatic rings. The Labute approximate surface area is 182 Å². The highest BCUT2D eigenvalue weighted by atomic mass is 19.1. The quantitative estimate of drug-likeness (QED) is 0.533. The minimum atomic E-state index is -0.788. The fourth-order valence-electron chi connectivity index (χ4n) is 4.30. The molecule has 0 saturated carbocycles. The van der Waals surface area contributed by atoms with E-state index in [0.717, 1.165) is 0 Å². The third-order valence-corrected chi connectivity index (χ3v) is 5.92. The van der Waals surface area contributed by atoms with E-state index in [1.54, 1.807) is 21.6 Å². The molecule has 2 fully saturated rings. The van der Waals surface area contributed by atoms with Crippen LogP contribution in [0.15, 0.2) is 36.9 Å². The molecule has 1 aromatic carbocycles. The van der Waals surface area contributed by atoms with Gasteiger partial charge in [0.25, 0.3) is 5.91 Å². The van der Waals surface area contributed by atoms with Crippen LogP contribution in [-0.4, -0.2) is 78.5 Å². The third kappa shape index (κ3) is 3.68. The Hall–Kier alpha value is -3.15. The van der Waals surface area contributed by atoms with Crippen LogP contribution in [0.1, 0.15) is 29.4 Å². The molecule has 2 aliphatic heterocycles. The number of rotatable bonds is 5. The van der Waals surface area contributed by atoms with E-state index in [0.29, 0.717) is 42.9 Å². The van der Waals surface area contributed by atoms with E-state index >= 15 is 0 Å². The van der Waals surface area contributed by atoms with Crippen molar-refractivity contribution in [2.75, 3.05) is 25.0 Å². The van der Waals surface area contributed by atoms with Gasteiger partial charge in [0, 0.05) is 25.6 Å². The van der Waals surface area contributed by atoms with E-state index in [4.69, 9.17) is 4.74 Å². The van der Waals surface area contributed by atoms with Crippen molar-refractivity contribution in [3.63, 3.8) is 0 Å². The molecule has 2 saturated heterocycles.